The average molecular weight is 373 g/mol. The van der Waals surface area contributed by atoms with Crippen molar-refractivity contribution in [3.05, 3.63) is 58.1 Å². The van der Waals surface area contributed by atoms with Gasteiger partial charge in [-0.05, 0) is 51.8 Å². The molecule has 6 heteroatoms. The Balaban J connectivity index is 2.25. The number of halogens is 1. The third-order valence-corrected chi connectivity index (χ3v) is 3.62. The van der Waals surface area contributed by atoms with Crippen molar-refractivity contribution in [2.24, 2.45) is 0 Å². The van der Waals surface area contributed by atoms with Crippen LogP contribution >= 0.6 is 15.9 Å². The zero-order chi connectivity index (χ0) is 16.8. The van der Waals surface area contributed by atoms with Crippen LogP contribution in [0.4, 0.5) is 5.69 Å². The van der Waals surface area contributed by atoms with Crippen molar-refractivity contribution in [3.63, 3.8) is 0 Å². The highest BCUT2D eigenvalue weighted by Gasteiger charge is 2.12. The number of ether oxygens (including phenoxy) is 1. The Hall–Kier alpha value is -2.78. The predicted molar refractivity (Wildman–Crippen MR) is 91.0 cm³/mol. The van der Waals surface area contributed by atoms with Gasteiger partial charge in [-0.3, -0.25) is 4.79 Å². The Kier molecular flexibility index (Phi) is 5.39. The minimum absolute atomic E-state index is 0.0645. The number of phenolic OH excluding ortho intramolecular Hbond substituents is 1. The quantitative estimate of drug-likeness (QED) is 0.486. The van der Waals surface area contributed by atoms with Crippen LogP contribution in [-0.2, 0) is 4.79 Å². The van der Waals surface area contributed by atoms with E-state index in [9.17, 15) is 15.2 Å². The Morgan fingerprint density at radius 1 is 1.35 bits per heavy atom. The Bertz CT molecular complexity index is 810. The van der Waals surface area contributed by atoms with Gasteiger partial charge in [0, 0.05) is 0 Å². The number of hydrogen-bond acceptors (Lipinski definition) is 4. The highest BCUT2D eigenvalue weighted by Crippen LogP contribution is 2.27. The molecule has 23 heavy (non-hydrogen) atoms. The predicted octanol–water partition coefficient (Wildman–Crippen LogP) is 3.71. The van der Waals surface area contributed by atoms with Gasteiger partial charge in [-0.25, -0.2) is 0 Å². The van der Waals surface area contributed by atoms with Crippen LogP contribution in [0.5, 0.6) is 11.5 Å². The molecule has 0 aliphatic carbocycles. The lowest BCUT2D eigenvalue weighted by atomic mass is 10.1. The van der Waals surface area contributed by atoms with E-state index in [4.69, 9.17) is 4.74 Å². The lowest BCUT2D eigenvalue weighted by Gasteiger charge is -2.07. The molecule has 0 spiro atoms. The third kappa shape index (κ3) is 4.11. The number of hydrogen-bond donors (Lipinski definition) is 2. The minimum atomic E-state index is -0.596. The first-order valence-electron chi connectivity index (χ1n) is 6.60. The summed E-state index contributed by atoms with van der Waals surface area (Å²) >= 11 is 3.35. The molecule has 0 radical (unpaired) electrons. The molecule has 0 saturated heterocycles. The fourth-order valence-corrected chi connectivity index (χ4v) is 2.42. The third-order valence-electron chi connectivity index (χ3n) is 3.00. The standard InChI is InChI=1S/C17H13BrN2O3/c1-23-16-7-6-11(9-13(16)18)8-12(10-19)17(22)20-14-4-2-3-5-15(14)21/h2-9,21H,1H3,(H,20,22). The average Bonchev–Trinajstić information content (AvgIpc) is 2.54. The maximum atomic E-state index is 12.2. The summed E-state index contributed by atoms with van der Waals surface area (Å²) in [6.45, 7) is 0. The number of nitrogens with one attached hydrogen (secondary N) is 1. The minimum Gasteiger partial charge on any atom is -0.506 e. The number of benzene rings is 2. The van der Waals surface area contributed by atoms with E-state index in [1.54, 1.807) is 43.5 Å². The molecule has 2 N–H and O–H groups in total. The summed E-state index contributed by atoms with van der Waals surface area (Å²) in [5.41, 5.74) is 0.835. The van der Waals surface area contributed by atoms with Crippen LogP contribution < -0.4 is 10.1 Å². The van der Waals surface area contributed by atoms with Crippen LogP contribution in [0.2, 0.25) is 0 Å². The molecule has 0 bridgehead atoms. The van der Waals surface area contributed by atoms with Gasteiger partial charge in [-0.15, -0.1) is 0 Å². The highest BCUT2D eigenvalue weighted by molar-refractivity contribution is 9.10. The van der Waals surface area contributed by atoms with Gasteiger partial charge in [0.15, 0.2) is 0 Å². The molecule has 2 rings (SSSR count). The first-order valence-corrected chi connectivity index (χ1v) is 7.39. The summed E-state index contributed by atoms with van der Waals surface area (Å²) in [5, 5.41) is 21.4. The summed E-state index contributed by atoms with van der Waals surface area (Å²) in [6, 6.07) is 13.4. The molecule has 116 valence electrons. The summed E-state index contributed by atoms with van der Waals surface area (Å²) in [5.74, 6) is -0.00871. The first kappa shape index (κ1) is 16.6. The van der Waals surface area contributed by atoms with Crippen LogP contribution in [0.25, 0.3) is 6.08 Å². The normalized spacial score (nSPS) is 10.7. The van der Waals surface area contributed by atoms with Crippen LogP contribution in [0.1, 0.15) is 5.56 Å². The number of phenols is 1. The van der Waals surface area contributed by atoms with Crippen molar-refractivity contribution in [3.8, 4) is 17.6 Å². The van der Waals surface area contributed by atoms with Crippen LogP contribution in [0.15, 0.2) is 52.5 Å². The number of rotatable bonds is 4. The zero-order valence-electron chi connectivity index (χ0n) is 12.2. The van der Waals surface area contributed by atoms with E-state index in [1.165, 1.54) is 12.1 Å². The molecule has 0 aliphatic rings. The number of carbonyl (C=O) groups excluding carboxylic acids is 1. The van der Waals surface area contributed by atoms with Gasteiger partial charge >= 0.3 is 0 Å². The van der Waals surface area contributed by atoms with Gasteiger partial charge < -0.3 is 15.2 Å². The van der Waals surface area contributed by atoms with Gasteiger partial charge in [-0.1, -0.05) is 18.2 Å². The number of nitriles is 1. The molecule has 0 aromatic heterocycles. The van der Waals surface area contributed by atoms with E-state index >= 15 is 0 Å². The van der Waals surface area contributed by atoms with Crippen molar-refractivity contribution in [2.75, 3.05) is 12.4 Å². The molecular formula is C17H13BrN2O3. The molecule has 1 amide bonds. The largest absolute Gasteiger partial charge is 0.506 e. The van der Waals surface area contributed by atoms with Gasteiger partial charge in [0.2, 0.25) is 0 Å². The molecule has 2 aromatic carbocycles. The molecule has 0 saturated carbocycles. The van der Waals surface area contributed by atoms with E-state index in [-0.39, 0.29) is 17.0 Å². The number of carbonyl (C=O) groups is 1. The number of anilines is 1. The van der Waals surface area contributed by atoms with Crippen LogP contribution in [0.3, 0.4) is 0 Å². The molecule has 0 heterocycles. The van der Waals surface area contributed by atoms with Crippen molar-refractivity contribution >= 4 is 33.6 Å². The number of amides is 1. The summed E-state index contributed by atoms with van der Waals surface area (Å²) < 4.78 is 5.85. The second-order valence-corrected chi connectivity index (χ2v) is 5.39. The van der Waals surface area contributed by atoms with Gasteiger partial charge in [0.1, 0.15) is 23.1 Å². The number of aromatic hydroxyl groups is 1. The summed E-state index contributed by atoms with van der Waals surface area (Å²) in [4.78, 5) is 12.2. The highest BCUT2D eigenvalue weighted by atomic mass is 79.9. The first-order chi connectivity index (χ1) is 11.0. The topological polar surface area (TPSA) is 82.3 Å². The molecule has 0 aliphatic heterocycles. The Labute approximate surface area is 142 Å². The molecule has 0 fully saturated rings. The Morgan fingerprint density at radius 2 is 2.09 bits per heavy atom. The fourth-order valence-electron chi connectivity index (χ4n) is 1.86. The smallest absolute Gasteiger partial charge is 0.266 e. The number of nitrogens with zero attached hydrogens (tertiary/aromatic N) is 1. The molecule has 5 nitrogen and oxygen atoms in total. The zero-order valence-corrected chi connectivity index (χ0v) is 13.8. The van der Waals surface area contributed by atoms with Gasteiger partial charge in [-0.2, -0.15) is 5.26 Å². The second-order valence-electron chi connectivity index (χ2n) is 4.54. The maximum absolute atomic E-state index is 12.2. The molecule has 0 atom stereocenters. The monoisotopic (exact) mass is 372 g/mol. The van der Waals surface area contributed by atoms with E-state index < -0.39 is 5.91 Å². The van der Waals surface area contributed by atoms with E-state index in [0.29, 0.717) is 15.8 Å². The van der Waals surface area contributed by atoms with E-state index in [2.05, 4.69) is 21.2 Å². The number of para-hydroxylation sites is 2. The lowest BCUT2D eigenvalue weighted by Crippen LogP contribution is -2.13. The van der Waals surface area contributed by atoms with Crippen LogP contribution in [-0.4, -0.2) is 18.1 Å². The SMILES string of the molecule is COc1ccc(C=C(C#N)C(=O)Nc2ccccc2O)cc1Br. The Morgan fingerprint density at radius 3 is 2.70 bits per heavy atom. The maximum Gasteiger partial charge on any atom is 0.266 e. The molecule has 2 aromatic rings. The summed E-state index contributed by atoms with van der Waals surface area (Å²) in [6.07, 6.45) is 1.46. The van der Waals surface area contributed by atoms with Gasteiger partial charge in [0.25, 0.3) is 5.91 Å². The van der Waals surface area contributed by atoms with Crippen molar-refractivity contribution < 1.29 is 14.6 Å². The number of methoxy groups -OCH3 is 1. The second kappa shape index (κ2) is 7.47. The van der Waals surface area contributed by atoms with Crippen molar-refractivity contribution in [1.82, 2.24) is 0 Å². The molecule has 0 unspecified atom stereocenters. The van der Waals surface area contributed by atoms with Crippen molar-refractivity contribution in [2.45, 2.75) is 0 Å². The van der Waals surface area contributed by atoms with E-state index in [0.717, 1.165) is 0 Å². The molecular weight excluding hydrogens is 360 g/mol. The van der Waals surface area contributed by atoms with Crippen LogP contribution in [0, 0.1) is 11.3 Å². The van der Waals surface area contributed by atoms with E-state index in [1.807, 2.05) is 6.07 Å². The van der Waals surface area contributed by atoms with Crippen molar-refractivity contribution in [1.29, 1.82) is 5.26 Å². The summed E-state index contributed by atoms with van der Waals surface area (Å²) in [7, 11) is 1.55. The lowest BCUT2D eigenvalue weighted by molar-refractivity contribution is -0.112. The van der Waals surface area contributed by atoms with Gasteiger partial charge in [0.05, 0.1) is 17.3 Å². The fraction of sp³-hybridized carbons (Fsp3) is 0.0588.